The van der Waals surface area contributed by atoms with Crippen molar-refractivity contribution in [3.8, 4) is 85.6 Å². The van der Waals surface area contributed by atoms with E-state index in [9.17, 15) is 14.4 Å². The van der Waals surface area contributed by atoms with Crippen LogP contribution in [0.25, 0.3) is 84.3 Å². The van der Waals surface area contributed by atoms with E-state index in [0.717, 1.165) is 143 Å². The SMILES string of the molecule is CCOc1n[nH]c(-c2ccc(-c3ccc(C4=CCC(CC(=O)OC)CC4)nc3)cc2)n1.CCOc1nc(-c2ccc(-c3ccc(C4=CCC(CC(=O)OC)CC4)nc3)cc2)n(COCC[Si](C)(C)C)n1.CCOc1nc(-c2ccc(-c3ccc(C4=CCC(CC(=O)OC)CC4)nc3)cc2)nn1COCC[Si](C)(C)C. The van der Waals surface area contributed by atoms with Gasteiger partial charge in [0.1, 0.15) is 13.5 Å². The topological polar surface area (TPSA) is 267 Å². The van der Waals surface area contributed by atoms with Crippen molar-refractivity contribution in [1.82, 2.24) is 59.7 Å². The molecule has 0 aliphatic heterocycles. The van der Waals surface area contributed by atoms with Crippen LogP contribution in [0.2, 0.25) is 51.4 Å². The third-order valence-electron chi connectivity index (χ3n) is 19.3. The molecule has 0 spiro atoms. The third-order valence-corrected chi connectivity index (χ3v) is 22.7. The highest BCUT2D eigenvalue weighted by Gasteiger charge is 2.25. The van der Waals surface area contributed by atoms with Crippen molar-refractivity contribution >= 4 is 50.8 Å². The molecule has 12 rings (SSSR count). The molecule has 1 N–H and O–H groups in total. The number of aromatic nitrogens is 12. The predicted molar refractivity (Wildman–Crippen MR) is 430 cm³/mol. The number of nitrogens with zero attached hydrogens (tertiary/aromatic N) is 11. The van der Waals surface area contributed by atoms with Gasteiger partial charge >= 0.3 is 35.9 Å². The molecule has 3 aliphatic carbocycles. The average molecular weight is 1520 g/mol. The number of hydrogen-bond donors (Lipinski definition) is 1. The number of allylic oxidation sites excluding steroid dienone is 6. The molecule has 0 saturated heterocycles. The summed E-state index contributed by atoms with van der Waals surface area (Å²) in [6.45, 7) is 23.4. The van der Waals surface area contributed by atoms with Crippen molar-refractivity contribution < 1.29 is 52.3 Å². The first kappa shape index (κ1) is 81.4. The highest BCUT2D eigenvalue weighted by molar-refractivity contribution is 6.76. The van der Waals surface area contributed by atoms with Gasteiger partial charge in [0.05, 0.1) is 58.2 Å². The number of pyridine rings is 3. The Hall–Kier alpha value is -10.1. The molecule has 9 aromatic rings. The summed E-state index contributed by atoms with van der Waals surface area (Å²) in [6.07, 6.45) is 22.2. The zero-order chi connectivity index (χ0) is 77.3. The van der Waals surface area contributed by atoms with Gasteiger partial charge in [-0.3, -0.25) is 34.4 Å². The van der Waals surface area contributed by atoms with Crippen LogP contribution in [0.1, 0.15) is 115 Å². The molecule has 25 heteroatoms. The Morgan fingerprint density at radius 2 is 0.826 bits per heavy atom. The van der Waals surface area contributed by atoms with Gasteiger partial charge in [0.15, 0.2) is 17.5 Å². The second-order valence-electron chi connectivity index (χ2n) is 29.9. The molecular formula is C84H106N12O11Si2. The summed E-state index contributed by atoms with van der Waals surface area (Å²) in [5, 5.41) is 16.1. The second-order valence-corrected chi connectivity index (χ2v) is 41.1. The van der Waals surface area contributed by atoms with E-state index in [1.165, 1.54) is 38.0 Å². The summed E-state index contributed by atoms with van der Waals surface area (Å²) < 4.78 is 46.2. The molecule has 0 amide bonds. The fourth-order valence-corrected chi connectivity index (χ4v) is 14.3. The molecule has 3 atom stereocenters. The minimum atomic E-state index is -1.16. The molecule has 23 nitrogen and oxygen atoms in total. The number of ether oxygens (including phenoxy) is 8. The van der Waals surface area contributed by atoms with Gasteiger partial charge in [-0.15, -0.1) is 15.3 Å². The van der Waals surface area contributed by atoms with Gasteiger partial charge in [-0.1, -0.05) is 149 Å². The maximum atomic E-state index is 11.6. The number of esters is 3. The van der Waals surface area contributed by atoms with Gasteiger partial charge < -0.3 is 37.9 Å². The average Bonchev–Trinajstić information content (AvgIpc) is 1.80. The molecule has 3 unspecified atom stereocenters. The number of rotatable bonds is 31. The van der Waals surface area contributed by atoms with Crippen molar-refractivity contribution in [1.29, 1.82) is 0 Å². The predicted octanol–water partition coefficient (Wildman–Crippen LogP) is 17.6. The van der Waals surface area contributed by atoms with E-state index in [4.69, 9.17) is 47.9 Å². The Bertz CT molecular complexity index is 4490. The maximum absolute atomic E-state index is 11.6. The number of carbonyl (C=O) groups excluding carboxylic acids is 3. The third kappa shape index (κ3) is 24.5. The van der Waals surface area contributed by atoms with Crippen LogP contribution < -0.4 is 14.2 Å². The first-order chi connectivity index (χ1) is 52.7. The van der Waals surface area contributed by atoms with Gasteiger partial charge in [0, 0.05) is 101 Å². The second kappa shape index (κ2) is 39.8. The lowest BCUT2D eigenvalue weighted by Gasteiger charge is -2.20. The number of aromatic amines is 1. The van der Waals surface area contributed by atoms with Crippen LogP contribution in [0.3, 0.4) is 0 Å². The van der Waals surface area contributed by atoms with Crippen LogP contribution in [0.4, 0.5) is 0 Å². The van der Waals surface area contributed by atoms with Crippen LogP contribution in [-0.2, 0) is 51.5 Å². The van der Waals surface area contributed by atoms with Crippen LogP contribution in [0, 0.1) is 17.8 Å². The number of hydrogen-bond acceptors (Lipinski definition) is 20. The van der Waals surface area contributed by atoms with Crippen LogP contribution in [0.5, 0.6) is 18.0 Å². The molecule has 0 saturated carbocycles. The van der Waals surface area contributed by atoms with Gasteiger partial charge in [-0.25, -0.2) is 4.68 Å². The van der Waals surface area contributed by atoms with Gasteiger partial charge in [0.25, 0.3) is 0 Å². The van der Waals surface area contributed by atoms with E-state index >= 15 is 0 Å². The number of benzene rings is 3. The zero-order valence-corrected chi connectivity index (χ0v) is 67.3. The van der Waals surface area contributed by atoms with E-state index in [1.807, 2.05) is 87.9 Å². The Morgan fingerprint density at radius 3 is 1.20 bits per heavy atom. The molecule has 109 heavy (non-hydrogen) atoms. The van der Waals surface area contributed by atoms with Crippen molar-refractivity contribution in [3.63, 3.8) is 0 Å². The van der Waals surface area contributed by atoms with Crippen LogP contribution in [0.15, 0.2) is 146 Å². The Kier molecular flexibility index (Phi) is 29.8. The first-order valence-electron chi connectivity index (χ1n) is 38.0. The lowest BCUT2D eigenvalue weighted by molar-refractivity contribution is -0.142. The molecule has 0 bridgehead atoms. The smallest absolute Gasteiger partial charge is 0.336 e. The Labute approximate surface area is 642 Å². The van der Waals surface area contributed by atoms with Gasteiger partial charge in [-0.05, 0) is 160 Å². The first-order valence-corrected chi connectivity index (χ1v) is 45.4. The largest absolute Gasteiger partial charge is 0.469 e. The van der Waals surface area contributed by atoms with Crippen molar-refractivity contribution in [2.45, 2.75) is 163 Å². The molecule has 6 aromatic heterocycles. The number of carbonyl (C=O) groups is 3. The standard InChI is InChI=1S/2C30H40N4O4Si.C24H26N4O3/c1-6-38-30-32-29(34(33-30)21-37-17-18-39(3,4)5)25-13-11-23(12-14-25)26-15-16-27(31-20-26)24-9-7-22(8-10-24)19-28(35)36-2;1-6-38-30-32-29(33-34(30)21-37-17-18-39(3,4)5)25-13-11-23(12-14-25)26-15-16-27(31-20-26)24-9-7-22(8-10-24)19-28(35)36-2;1-3-31-24-26-23(27-28-24)19-10-8-17(9-11-19)20-12-13-21(25-15-20)18-6-4-16(5-7-18)14-22(29)30-2/h2*9,11-16,20,22H,6-8,10,17-19,21H2,1-5H3;6,8-13,15-16H,3-5,7,14H2,1-2H3,(H,26,27,28). The van der Waals surface area contributed by atoms with E-state index in [0.29, 0.717) is 113 Å². The molecule has 576 valence electrons. The molecule has 3 aromatic carbocycles. The van der Waals surface area contributed by atoms with Gasteiger partial charge in [-0.2, -0.15) is 19.6 Å². The summed E-state index contributed by atoms with van der Waals surface area (Å²) in [5.41, 5.74) is 15.9. The highest BCUT2D eigenvalue weighted by Crippen LogP contribution is 2.37. The minimum Gasteiger partial charge on any atom is -0.469 e. The van der Waals surface area contributed by atoms with E-state index in [2.05, 4.69) is 159 Å². The number of H-pyrrole nitrogens is 1. The van der Waals surface area contributed by atoms with E-state index in [-0.39, 0.29) is 17.9 Å². The Morgan fingerprint density at radius 1 is 0.440 bits per heavy atom. The monoisotopic (exact) mass is 1510 g/mol. The lowest BCUT2D eigenvalue weighted by atomic mass is 9.86. The minimum absolute atomic E-state index is 0.131. The quantitative estimate of drug-likeness (QED) is 0.0183. The maximum Gasteiger partial charge on any atom is 0.336 e. The van der Waals surface area contributed by atoms with Gasteiger partial charge in [0.2, 0.25) is 0 Å². The number of nitrogens with one attached hydrogen (secondary N) is 1. The summed E-state index contributed by atoms with van der Waals surface area (Å²) in [5.74, 6) is 2.69. The van der Waals surface area contributed by atoms with E-state index < -0.39 is 16.1 Å². The normalized spacial score (nSPS) is 15.7. The summed E-state index contributed by atoms with van der Waals surface area (Å²) in [4.78, 5) is 62.3. The highest BCUT2D eigenvalue weighted by atomic mass is 28.3. The zero-order valence-electron chi connectivity index (χ0n) is 65.3. The summed E-state index contributed by atoms with van der Waals surface area (Å²) in [7, 11) is 2.02. The van der Waals surface area contributed by atoms with Crippen LogP contribution >= 0.6 is 0 Å². The Balaban J connectivity index is 0.000000175. The molecule has 0 radical (unpaired) electrons. The fourth-order valence-electron chi connectivity index (χ4n) is 12.8. The molecule has 6 heterocycles. The van der Waals surface area contributed by atoms with Crippen LogP contribution in [-0.4, -0.2) is 148 Å². The fraction of sp³-hybridized carbons (Fsp3) is 0.429. The lowest BCUT2D eigenvalue weighted by Crippen LogP contribution is -2.22. The van der Waals surface area contributed by atoms with E-state index in [1.54, 1.807) is 9.36 Å². The van der Waals surface area contributed by atoms with Crippen molar-refractivity contribution in [2.24, 2.45) is 17.8 Å². The molecule has 3 aliphatic rings. The molecule has 0 fully saturated rings. The van der Waals surface area contributed by atoms with Crippen molar-refractivity contribution in [2.75, 3.05) is 54.4 Å². The molecular weight excluding hydrogens is 1410 g/mol. The number of methoxy groups -OCH3 is 3. The van der Waals surface area contributed by atoms with Crippen molar-refractivity contribution in [3.05, 3.63) is 163 Å². The summed E-state index contributed by atoms with van der Waals surface area (Å²) in [6, 6.07) is 40.5. The summed E-state index contributed by atoms with van der Waals surface area (Å²) >= 11 is 0.